The summed E-state index contributed by atoms with van der Waals surface area (Å²) in [5.41, 5.74) is 1.60. The van der Waals surface area contributed by atoms with E-state index in [1.807, 2.05) is 31.9 Å². The van der Waals surface area contributed by atoms with Crippen molar-refractivity contribution in [1.82, 2.24) is 19.2 Å². The molecule has 8 heteroatoms. The van der Waals surface area contributed by atoms with Crippen LogP contribution in [0.5, 0.6) is 0 Å². The summed E-state index contributed by atoms with van der Waals surface area (Å²) in [4.78, 5) is 31.5. The van der Waals surface area contributed by atoms with Gasteiger partial charge in [0.1, 0.15) is 11.4 Å². The van der Waals surface area contributed by atoms with E-state index in [4.69, 9.17) is 5.11 Å². The Labute approximate surface area is 145 Å². The minimum absolute atomic E-state index is 0.0187. The Morgan fingerprint density at radius 1 is 1.42 bits per heavy atom. The third-order valence-electron chi connectivity index (χ3n) is 3.76. The van der Waals surface area contributed by atoms with Crippen LogP contribution in [-0.2, 0) is 11.3 Å². The monoisotopic (exact) mass is 352 g/mol. The van der Waals surface area contributed by atoms with E-state index in [1.165, 1.54) is 15.5 Å². The van der Waals surface area contributed by atoms with Gasteiger partial charge in [0.15, 0.2) is 0 Å². The zero-order chi connectivity index (χ0) is 17.7. The Morgan fingerprint density at radius 2 is 2.17 bits per heavy atom. The highest BCUT2D eigenvalue weighted by Crippen LogP contribution is 2.18. The molecule has 7 nitrogen and oxygen atoms in total. The standard InChI is InChI=1S/C16H24N4O3S/c1-11-9-12(2)18-15-14(11)16(23)20(24-15)10-13(22)17-5-4-6-19(3)7-8-21/h9,21H,4-8,10H2,1-3H3,(H,17,22). The number of pyridine rings is 1. The largest absolute Gasteiger partial charge is 0.395 e. The van der Waals surface area contributed by atoms with E-state index in [2.05, 4.69) is 10.3 Å². The number of likely N-dealkylation sites (N-methyl/N-ethyl adjacent to an activating group) is 1. The molecule has 1 amide bonds. The minimum atomic E-state index is -0.178. The highest BCUT2D eigenvalue weighted by molar-refractivity contribution is 7.13. The molecule has 0 fully saturated rings. The topological polar surface area (TPSA) is 87.5 Å². The summed E-state index contributed by atoms with van der Waals surface area (Å²) in [6, 6.07) is 1.88. The number of fused-ring (bicyclic) bond motifs is 1. The molecule has 0 radical (unpaired) electrons. The molecule has 2 rings (SSSR count). The van der Waals surface area contributed by atoms with Crippen molar-refractivity contribution >= 4 is 27.7 Å². The molecule has 0 aliphatic carbocycles. The van der Waals surface area contributed by atoms with Crippen LogP contribution in [-0.4, -0.2) is 58.1 Å². The summed E-state index contributed by atoms with van der Waals surface area (Å²) in [7, 11) is 1.92. The van der Waals surface area contributed by atoms with Crippen LogP contribution in [0.15, 0.2) is 10.9 Å². The van der Waals surface area contributed by atoms with Crippen LogP contribution in [0.1, 0.15) is 17.7 Å². The molecule has 0 saturated heterocycles. The van der Waals surface area contributed by atoms with Gasteiger partial charge in [0.25, 0.3) is 5.56 Å². The predicted molar refractivity (Wildman–Crippen MR) is 95.6 cm³/mol. The van der Waals surface area contributed by atoms with Crippen LogP contribution in [0, 0.1) is 13.8 Å². The van der Waals surface area contributed by atoms with Gasteiger partial charge in [-0.05, 0) is 57.0 Å². The van der Waals surface area contributed by atoms with Crippen molar-refractivity contribution in [1.29, 1.82) is 0 Å². The molecule has 2 aromatic heterocycles. The minimum Gasteiger partial charge on any atom is -0.395 e. The number of aromatic nitrogens is 2. The summed E-state index contributed by atoms with van der Waals surface area (Å²) in [5.74, 6) is -0.178. The SMILES string of the molecule is Cc1cc(C)c2c(=O)n(CC(=O)NCCCN(C)CCO)sc2n1. The molecular weight excluding hydrogens is 328 g/mol. The maximum atomic E-state index is 12.4. The second-order valence-corrected chi connectivity index (χ2v) is 6.93. The Morgan fingerprint density at radius 3 is 2.88 bits per heavy atom. The number of aliphatic hydroxyl groups is 1. The van der Waals surface area contributed by atoms with Crippen LogP contribution in [0.25, 0.3) is 10.2 Å². The highest BCUT2D eigenvalue weighted by atomic mass is 32.1. The van der Waals surface area contributed by atoms with Gasteiger partial charge in [-0.2, -0.15) is 0 Å². The van der Waals surface area contributed by atoms with Crippen LogP contribution < -0.4 is 10.9 Å². The van der Waals surface area contributed by atoms with E-state index in [0.717, 1.165) is 24.2 Å². The molecule has 0 unspecified atom stereocenters. The molecule has 0 aliphatic rings. The van der Waals surface area contributed by atoms with Crippen LogP contribution >= 0.6 is 11.5 Å². The molecule has 132 valence electrons. The zero-order valence-electron chi connectivity index (χ0n) is 14.3. The van der Waals surface area contributed by atoms with E-state index in [1.54, 1.807) is 0 Å². The lowest BCUT2D eigenvalue weighted by atomic mass is 10.2. The number of nitrogens with one attached hydrogen (secondary N) is 1. The lowest BCUT2D eigenvalue weighted by Gasteiger charge is -2.14. The number of aliphatic hydroxyl groups excluding tert-OH is 1. The van der Waals surface area contributed by atoms with Gasteiger partial charge >= 0.3 is 0 Å². The quantitative estimate of drug-likeness (QED) is 0.676. The molecule has 2 aromatic rings. The van der Waals surface area contributed by atoms with Gasteiger partial charge in [-0.1, -0.05) is 0 Å². The van der Waals surface area contributed by atoms with E-state index in [0.29, 0.717) is 23.3 Å². The van der Waals surface area contributed by atoms with Crippen molar-refractivity contribution in [3.63, 3.8) is 0 Å². The smallest absolute Gasteiger partial charge is 0.270 e. The molecule has 0 aliphatic heterocycles. The molecule has 2 heterocycles. The second-order valence-electron chi connectivity index (χ2n) is 5.92. The lowest BCUT2D eigenvalue weighted by molar-refractivity contribution is -0.121. The first-order chi connectivity index (χ1) is 11.4. The summed E-state index contributed by atoms with van der Waals surface area (Å²) >= 11 is 1.23. The Bertz CT molecular complexity index is 769. The number of hydrogen-bond donors (Lipinski definition) is 2. The van der Waals surface area contributed by atoms with Crippen LogP contribution in [0.4, 0.5) is 0 Å². The lowest BCUT2D eigenvalue weighted by Crippen LogP contribution is -2.32. The zero-order valence-corrected chi connectivity index (χ0v) is 15.2. The molecular formula is C16H24N4O3S. The number of rotatable bonds is 8. The summed E-state index contributed by atoms with van der Waals surface area (Å²) in [6.07, 6.45) is 0.795. The molecule has 0 saturated carbocycles. The van der Waals surface area contributed by atoms with E-state index in [-0.39, 0.29) is 24.6 Å². The number of aryl methyl sites for hydroxylation is 2. The second kappa shape index (κ2) is 8.36. The third kappa shape index (κ3) is 4.62. The first-order valence-corrected chi connectivity index (χ1v) is 8.74. The normalized spacial score (nSPS) is 11.4. The summed E-state index contributed by atoms with van der Waals surface area (Å²) < 4.78 is 1.46. The Balaban J connectivity index is 1.93. The van der Waals surface area contributed by atoms with Crippen molar-refractivity contribution < 1.29 is 9.90 Å². The third-order valence-corrected chi connectivity index (χ3v) is 4.74. The fourth-order valence-corrected chi connectivity index (χ4v) is 3.64. The average molecular weight is 352 g/mol. The Hall–Kier alpha value is -1.77. The molecule has 0 atom stereocenters. The highest BCUT2D eigenvalue weighted by Gasteiger charge is 2.14. The molecule has 24 heavy (non-hydrogen) atoms. The maximum absolute atomic E-state index is 12.4. The van der Waals surface area contributed by atoms with E-state index < -0.39 is 0 Å². The van der Waals surface area contributed by atoms with Crippen molar-refractivity contribution in [2.75, 3.05) is 33.3 Å². The van der Waals surface area contributed by atoms with Gasteiger partial charge in [0.05, 0.1) is 12.0 Å². The summed E-state index contributed by atoms with van der Waals surface area (Å²) in [5, 5.41) is 12.2. The number of hydrogen-bond acceptors (Lipinski definition) is 6. The fraction of sp³-hybridized carbons (Fsp3) is 0.562. The van der Waals surface area contributed by atoms with Crippen LogP contribution in [0.3, 0.4) is 0 Å². The van der Waals surface area contributed by atoms with Gasteiger partial charge in [0.2, 0.25) is 5.91 Å². The number of carbonyl (C=O) groups is 1. The summed E-state index contributed by atoms with van der Waals surface area (Å²) in [6.45, 7) is 5.89. The van der Waals surface area contributed by atoms with Crippen molar-refractivity contribution in [2.45, 2.75) is 26.8 Å². The first-order valence-electron chi connectivity index (χ1n) is 7.96. The van der Waals surface area contributed by atoms with Crippen LogP contribution in [0.2, 0.25) is 0 Å². The molecule has 0 aromatic carbocycles. The number of nitrogens with zero attached hydrogens (tertiary/aromatic N) is 3. The van der Waals surface area contributed by atoms with Gasteiger partial charge < -0.3 is 15.3 Å². The van der Waals surface area contributed by atoms with E-state index in [9.17, 15) is 9.59 Å². The molecule has 0 spiro atoms. The van der Waals surface area contributed by atoms with Gasteiger partial charge in [0, 0.05) is 18.8 Å². The first kappa shape index (κ1) is 18.6. The van der Waals surface area contributed by atoms with Crippen molar-refractivity contribution in [3.8, 4) is 0 Å². The average Bonchev–Trinajstić information content (AvgIpc) is 2.80. The van der Waals surface area contributed by atoms with Crippen molar-refractivity contribution in [2.24, 2.45) is 0 Å². The van der Waals surface area contributed by atoms with Crippen molar-refractivity contribution in [3.05, 3.63) is 27.7 Å². The fourth-order valence-electron chi connectivity index (χ4n) is 2.55. The van der Waals surface area contributed by atoms with Gasteiger partial charge in [-0.15, -0.1) is 0 Å². The van der Waals surface area contributed by atoms with Gasteiger partial charge in [-0.25, -0.2) is 4.98 Å². The Kier molecular flexibility index (Phi) is 6.47. The number of amides is 1. The predicted octanol–water partition coefficient (Wildman–Crippen LogP) is 0.505. The van der Waals surface area contributed by atoms with E-state index >= 15 is 0 Å². The van der Waals surface area contributed by atoms with Gasteiger partial charge in [-0.3, -0.25) is 13.5 Å². The molecule has 0 bridgehead atoms. The molecule has 2 N–H and O–H groups in total. The maximum Gasteiger partial charge on any atom is 0.270 e. The number of carbonyl (C=O) groups excluding carboxylic acids is 1.